The summed E-state index contributed by atoms with van der Waals surface area (Å²) in [6.07, 6.45) is 5.56. The minimum Gasteiger partial charge on any atom is -0.611 e. The molecule has 2 aromatic rings. The lowest BCUT2D eigenvalue weighted by molar-refractivity contribution is -0.146. The molecule has 7 nitrogen and oxygen atoms in total. The molecule has 0 saturated heterocycles. The molecule has 8 heteroatoms. The van der Waals surface area contributed by atoms with Crippen molar-refractivity contribution in [3.63, 3.8) is 0 Å². The lowest BCUT2D eigenvalue weighted by atomic mass is 9.81. The van der Waals surface area contributed by atoms with E-state index in [0.717, 1.165) is 60.5 Å². The van der Waals surface area contributed by atoms with Gasteiger partial charge in [0.1, 0.15) is 5.75 Å². The van der Waals surface area contributed by atoms with Crippen molar-refractivity contribution >= 4 is 23.1 Å². The fourth-order valence-electron chi connectivity index (χ4n) is 5.73. The van der Waals surface area contributed by atoms with Crippen LogP contribution in [-0.2, 0) is 33.8 Å². The van der Waals surface area contributed by atoms with Gasteiger partial charge in [0.2, 0.25) is 0 Å². The Labute approximate surface area is 223 Å². The molecule has 1 amide bonds. The summed E-state index contributed by atoms with van der Waals surface area (Å²) in [4.78, 5) is 32.9. The number of carbonyl (C=O) groups is 2. The second-order valence-corrected chi connectivity index (χ2v) is 12.3. The van der Waals surface area contributed by atoms with Crippen LogP contribution in [0, 0.1) is 17.8 Å². The van der Waals surface area contributed by atoms with Gasteiger partial charge in [-0.25, -0.2) is 0 Å². The Morgan fingerprint density at radius 1 is 1.19 bits per heavy atom. The molecule has 1 fully saturated rings. The fourth-order valence-corrected chi connectivity index (χ4v) is 6.51. The zero-order valence-corrected chi connectivity index (χ0v) is 23.2. The van der Waals surface area contributed by atoms with Gasteiger partial charge < -0.3 is 14.6 Å². The van der Waals surface area contributed by atoms with E-state index >= 15 is 0 Å². The third-order valence-electron chi connectivity index (χ3n) is 7.72. The lowest BCUT2D eigenvalue weighted by Gasteiger charge is -2.34. The molecule has 0 bridgehead atoms. The number of fused-ring (bicyclic) bond motifs is 1. The summed E-state index contributed by atoms with van der Waals surface area (Å²) < 4.78 is 16.9. The highest BCUT2D eigenvalue weighted by molar-refractivity contribution is 7.91. The van der Waals surface area contributed by atoms with E-state index in [-0.39, 0.29) is 23.8 Å². The molecule has 1 aliphatic carbocycles. The first-order valence-electron chi connectivity index (χ1n) is 13.4. The largest absolute Gasteiger partial charge is 0.611 e. The molecule has 2 heterocycles. The van der Waals surface area contributed by atoms with Gasteiger partial charge in [-0.3, -0.25) is 19.5 Å². The smallest absolute Gasteiger partial charge is 0.308 e. The Balaban J connectivity index is 1.37. The van der Waals surface area contributed by atoms with Gasteiger partial charge in [0.15, 0.2) is 4.90 Å². The van der Waals surface area contributed by atoms with E-state index < -0.39 is 11.2 Å². The molecular weight excluding hydrogens is 486 g/mol. The second-order valence-electron chi connectivity index (χ2n) is 10.6. The Morgan fingerprint density at radius 3 is 2.51 bits per heavy atom. The number of ether oxygens (including phenoxy) is 1. The molecule has 0 spiro atoms. The van der Waals surface area contributed by atoms with Crippen LogP contribution in [0.25, 0.3) is 0 Å². The molecule has 4 rings (SSSR count). The van der Waals surface area contributed by atoms with Crippen LogP contribution in [0.3, 0.4) is 0 Å². The molecule has 2 aliphatic rings. The Kier molecular flexibility index (Phi) is 9.27. The van der Waals surface area contributed by atoms with Gasteiger partial charge in [0, 0.05) is 25.8 Å². The van der Waals surface area contributed by atoms with Crippen molar-refractivity contribution in [1.29, 1.82) is 0 Å². The zero-order chi connectivity index (χ0) is 26.5. The molecule has 1 aromatic carbocycles. The maximum atomic E-state index is 12.9. The highest BCUT2D eigenvalue weighted by atomic mass is 32.2. The van der Waals surface area contributed by atoms with Crippen LogP contribution in [0.1, 0.15) is 79.7 Å². The maximum absolute atomic E-state index is 12.9. The van der Waals surface area contributed by atoms with Crippen molar-refractivity contribution < 1.29 is 18.9 Å². The molecule has 1 unspecified atom stereocenters. The Bertz CT molecular complexity index is 1080. The van der Waals surface area contributed by atoms with Crippen molar-refractivity contribution in [3.8, 4) is 0 Å². The number of carbonyl (C=O) groups excluding carboxylic acids is 2. The topological polar surface area (TPSA) is 94.6 Å². The van der Waals surface area contributed by atoms with Crippen molar-refractivity contribution in [2.45, 2.75) is 70.5 Å². The van der Waals surface area contributed by atoms with Crippen molar-refractivity contribution in [1.82, 2.24) is 15.2 Å². The molecule has 37 heavy (non-hydrogen) atoms. The molecular formula is C29H39N3O4S. The van der Waals surface area contributed by atoms with Crippen LogP contribution in [0.5, 0.6) is 0 Å². The first-order chi connectivity index (χ1) is 17.8. The van der Waals surface area contributed by atoms with E-state index in [9.17, 15) is 14.1 Å². The Hall–Kier alpha value is -2.42. The van der Waals surface area contributed by atoms with Gasteiger partial charge >= 0.3 is 5.97 Å². The average molecular weight is 526 g/mol. The van der Waals surface area contributed by atoms with E-state index in [1.165, 1.54) is 7.11 Å². The monoisotopic (exact) mass is 525 g/mol. The normalized spacial score (nSPS) is 22.5. The summed E-state index contributed by atoms with van der Waals surface area (Å²) in [5.74, 6) is 1.38. The summed E-state index contributed by atoms with van der Waals surface area (Å²) in [6.45, 7) is 8.53. The molecule has 1 N–H and O–H groups in total. The highest BCUT2D eigenvalue weighted by Crippen LogP contribution is 2.40. The summed E-state index contributed by atoms with van der Waals surface area (Å²) in [5, 5.41) is 2.99. The predicted molar refractivity (Wildman–Crippen MR) is 144 cm³/mol. The minimum atomic E-state index is -0.976. The van der Waals surface area contributed by atoms with Crippen LogP contribution >= 0.6 is 0 Å². The van der Waals surface area contributed by atoms with Gasteiger partial charge in [-0.15, -0.1) is 0 Å². The quantitative estimate of drug-likeness (QED) is 0.379. The fraction of sp³-hybridized carbons (Fsp3) is 0.552. The number of nitrogens with zero attached hydrogens (tertiary/aromatic N) is 2. The van der Waals surface area contributed by atoms with E-state index in [2.05, 4.69) is 24.1 Å². The summed E-state index contributed by atoms with van der Waals surface area (Å²) in [5.41, 5.74) is 3.74. The standard InChI is InChI=1S/C29H39N3O4S/c1-5-37(35)25-12-8-20(9-13-25)15-31-28(33)23-14-24-18-32(27(19(2)3)26(24)30-16-23)17-21-6-10-22(11-7-21)29(34)36-4/h8-9,12-14,16,19,21-22,27H,5-7,10-11,15,17-18H2,1-4H3,(H,31,33)/t21-,22-,27-,37?/m0/s1. The molecule has 1 saturated carbocycles. The van der Waals surface area contributed by atoms with E-state index in [1.54, 1.807) is 6.20 Å². The molecule has 1 aliphatic heterocycles. The van der Waals surface area contributed by atoms with E-state index in [4.69, 9.17) is 9.72 Å². The number of pyridine rings is 1. The van der Waals surface area contributed by atoms with Gasteiger partial charge in [-0.05, 0) is 84.9 Å². The van der Waals surface area contributed by atoms with Crippen LogP contribution < -0.4 is 5.32 Å². The van der Waals surface area contributed by atoms with Crippen molar-refractivity contribution in [2.24, 2.45) is 17.8 Å². The second kappa shape index (κ2) is 12.4. The number of esters is 1. The van der Waals surface area contributed by atoms with Gasteiger partial charge in [0.25, 0.3) is 5.91 Å². The first-order valence-corrected chi connectivity index (χ1v) is 14.7. The predicted octanol–water partition coefficient (Wildman–Crippen LogP) is 4.63. The van der Waals surface area contributed by atoms with Crippen molar-refractivity contribution in [2.75, 3.05) is 19.4 Å². The molecule has 200 valence electrons. The number of hydrogen-bond donors (Lipinski definition) is 1. The third kappa shape index (κ3) is 6.54. The van der Waals surface area contributed by atoms with Gasteiger partial charge in [-0.2, -0.15) is 0 Å². The summed E-state index contributed by atoms with van der Waals surface area (Å²) in [7, 11) is 1.47. The number of rotatable bonds is 9. The zero-order valence-electron chi connectivity index (χ0n) is 22.4. The Morgan fingerprint density at radius 2 is 1.89 bits per heavy atom. The average Bonchev–Trinajstić information content (AvgIpc) is 3.28. The van der Waals surface area contributed by atoms with E-state index in [0.29, 0.717) is 29.7 Å². The lowest BCUT2D eigenvalue weighted by Crippen LogP contribution is -2.33. The van der Waals surface area contributed by atoms with Gasteiger partial charge in [-0.1, -0.05) is 26.0 Å². The summed E-state index contributed by atoms with van der Waals surface area (Å²) >= 11 is -0.976. The minimum absolute atomic E-state index is 0.0407. The number of nitrogens with one attached hydrogen (secondary N) is 1. The SMILES string of the molecule is CC[S+]([O-])c1ccc(CNC(=O)c2cnc3c(c2)CN(C[C@H]2CC[C@H](C(=O)OC)CC2)[C@H]3C(C)C)cc1. The van der Waals surface area contributed by atoms with Crippen molar-refractivity contribution in [3.05, 3.63) is 58.9 Å². The number of methoxy groups -OCH3 is 1. The molecule has 1 aromatic heterocycles. The molecule has 2 atom stereocenters. The van der Waals surface area contributed by atoms with Crippen LogP contribution in [-0.4, -0.2) is 45.7 Å². The van der Waals surface area contributed by atoms with E-state index in [1.807, 2.05) is 37.3 Å². The third-order valence-corrected chi connectivity index (χ3v) is 9.04. The number of hydrogen-bond acceptors (Lipinski definition) is 6. The highest BCUT2D eigenvalue weighted by Gasteiger charge is 2.36. The number of amides is 1. The van der Waals surface area contributed by atoms with Crippen LogP contribution in [0.4, 0.5) is 0 Å². The number of aromatic nitrogens is 1. The first kappa shape index (κ1) is 27.6. The number of benzene rings is 1. The van der Waals surface area contributed by atoms with Gasteiger partial charge in [0.05, 0.1) is 30.3 Å². The van der Waals surface area contributed by atoms with Crippen LogP contribution in [0.2, 0.25) is 0 Å². The maximum Gasteiger partial charge on any atom is 0.308 e. The summed E-state index contributed by atoms with van der Waals surface area (Å²) in [6, 6.07) is 9.77. The molecule has 0 radical (unpaired) electrons. The van der Waals surface area contributed by atoms with Crippen LogP contribution in [0.15, 0.2) is 41.4 Å².